The lowest BCUT2D eigenvalue weighted by Crippen LogP contribution is -2.25. The van der Waals surface area contributed by atoms with Crippen molar-refractivity contribution in [3.8, 4) is 0 Å². The fourth-order valence-electron chi connectivity index (χ4n) is 3.72. The predicted octanol–water partition coefficient (Wildman–Crippen LogP) is 4.81. The fourth-order valence-corrected chi connectivity index (χ4v) is 4.24. The molecule has 1 aliphatic heterocycles. The largest absolute Gasteiger partial charge is 0.238 e. The third-order valence-electron chi connectivity index (χ3n) is 5.29. The minimum atomic E-state index is -3.80. The summed E-state index contributed by atoms with van der Waals surface area (Å²) in [6.07, 6.45) is 3.03. The van der Waals surface area contributed by atoms with Crippen molar-refractivity contribution < 1.29 is 12.8 Å². The number of primary sulfonamides is 1. The minimum Gasteiger partial charge on any atom is -0.225 e. The lowest BCUT2D eigenvalue weighted by Gasteiger charge is -2.29. The normalized spacial score (nSPS) is 18.4. The van der Waals surface area contributed by atoms with Gasteiger partial charge in [0.15, 0.2) is 0 Å². The van der Waals surface area contributed by atoms with Crippen LogP contribution in [0, 0.1) is 5.82 Å². The third-order valence-corrected chi connectivity index (χ3v) is 6.22. The van der Waals surface area contributed by atoms with Crippen LogP contribution in [0.2, 0.25) is 0 Å². The Morgan fingerprint density at radius 3 is 2.20 bits per heavy atom. The summed E-state index contributed by atoms with van der Waals surface area (Å²) in [5.41, 5.74) is 2.78. The second kappa shape index (κ2) is 7.93. The van der Waals surface area contributed by atoms with Crippen molar-refractivity contribution in [1.29, 1.82) is 0 Å². The van der Waals surface area contributed by atoms with Crippen LogP contribution in [-0.2, 0) is 22.0 Å². The molecule has 3 aromatic carbocycles. The van der Waals surface area contributed by atoms with Crippen LogP contribution >= 0.6 is 0 Å². The maximum Gasteiger partial charge on any atom is 0.238 e. The SMILES string of the molecule is NS(=O)(=O)c1ccc(C2(CCc3ccccc3)N=NC=C2c2ccc(F)cc2)cc1. The number of sulfonamides is 1. The maximum atomic E-state index is 13.5. The maximum absolute atomic E-state index is 13.5. The Hall–Kier alpha value is -3.16. The van der Waals surface area contributed by atoms with E-state index in [1.165, 1.54) is 24.3 Å². The van der Waals surface area contributed by atoms with Gasteiger partial charge in [0.05, 0.1) is 11.1 Å². The fraction of sp³-hybridized carbons (Fsp3) is 0.130. The van der Waals surface area contributed by atoms with Crippen LogP contribution in [0.4, 0.5) is 4.39 Å². The van der Waals surface area contributed by atoms with Crippen molar-refractivity contribution in [2.75, 3.05) is 0 Å². The first kappa shape index (κ1) is 20.1. The predicted molar refractivity (Wildman–Crippen MR) is 113 cm³/mol. The molecule has 7 heteroatoms. The topological polar surface area (TPSA) is 84.9 Å². The standard InChI is InChI=1S/C23H20FN3O2S/c24-20-10-6-18(7-11-20)22-16-26-27-23(22,15-14-17-4-2-1-3-5-17)19-8-12-21(13-9-19)30(25,28)29/h1-13,16H,14-15H2,(H2,25,28,29). The molecule has 0 saturated heterocycles. The van der Waals surface area contributed by atoms with Crippen LogP contribution in [0.25, 0.3) is 5.57 Å². The molecular weight excluding hydrogens is 401 g/mol. The molecule has 30 heavy (non-hydrogen) atoms. The molecule has 1 atom stereocenters. The number of azo groups is 1. The van der Waals surface area contributed by atoms with Crippen molar-refractivity contribution in [3.63, 3.8) is 0 Å². The van der Waals surface area contributed by atoms with Gasteiger partial charge in [-0.2, -0.15) is 10.2 Å². The molecule has 0 aliphatic carbocycles. The van der Waals surface area contributed by atoms with Crippen molar-refractivity contribution >= 4 is 15.6 Å². The molecule has 5 nitrogen and oxygen atoms in total. The molecule has 1 aliphatic rings. The molecule has 1 heterocycles. The van der Waals surface area contributed by atoms with E-state index >= 15 is 0 Å². The summed E-state index contributed by atoms with van der Waals surface area (Å²) in [5, 5.41) is 14.0. The number of rotatable bonds is 6. The lowest BCUT2D eigenvalue weighted by molar-refractivity contribution is 0.521. The summed E-state index contributed by atoms with van der Waals surface area (Å²) in [4.78, 5) is 0.0340. The van der Waals surface area contributed by atoms with Crippen LogP contribution in [0.15, 0.2) is 100 Å². The number of halogens is 1. The van der Waals surface area contributed by atoms with E-state index < -0.39 is 15.6 Å². The molecule has 3 aromatic rings. The zero-order valence-electron chi connectivity index (χ0n) is 16.1. The summed E-state index contributed by atoms with van der Waals surface area (Å²) in [6.45, 7) is 0. The Bertz CT molecular complexity index is 1210. The van der Waals surface area contributed by atoms with E-state index in [1.54, 1.807) is 30.5 Å². The highest BCUT2D eigenvalue weighted by atomic mass is 32.2. The first-order valence-electron chi connectivity index (χ1n) is 9.44. The Kier molecular flexibility index (Phi) is 5.32. The number of hydrogen-bond acceptors (Lipinski definition) is 4. The van der Waals surface area contributed by atoms with E-state index in [2.05, 4.69) is 10.2 Å². The summed E-state index contributed by atoms with van der Waals surface area (Å²) in [6, 6.07) is 22.6. The molecule has 0 spiro atoms. The van der Waals surface area contributed by atoms with E-state index in [4.69, 9.17) is 5.14 Å². The summed E-state index contributed by atoms with van der Waals surface area (Å²) >= 11 is 0. The zero-order valence-corrected chi connectivity index (χ0v) is 16.9. The van der Waals surface area contributed by atoms with E-state index in [0.29, 0.717) is 6.42 Å². The van der Waals surface area contributed by atoms with Gasteiger partial charge in [-0.25, -0.2) is 17.9 Å². The van der Waals surface area contributed by atoms with Crippen LogP contribution < -0.4 is 5.14 Å². The number of nitrogens with two attached hydrogens (primary N) is 1. The number of hydrogen-bond donors (Lipinski definition) is 1. The van der Waals surface area contributed by atoms with E-state index in [0.717, 1.165) is 28.7 Å². The summed E-state index contributed by atoms with van der Waals surface area (Å²) < 4.78 is 36.8. The Morgan fingerprint density at radius 1 is 0.900 bits per heavy atom. The quantitative estimate of drug-likeness (QED) is 0.619. The van der Waals surface area contributed by atoms with Gasteiger partial charge < -0.3 is 0 Å². The smallest absolute Gasteiger partial charge is 0.225 e. The Labute approximate surface area is 174 Å². The molecule has 0 saturated carbocycles. The second-order valence-electron chi connectivity index (χ2n) is 7.18. The molecule has 0 aromatic heterocycles. The molecule has 2 N–H and O–H groups in total. The van der Waals surface area contributed by atoms with Gasteiger partial charge in [-0.1, -0.05) is 54.6 Å². The zero-order chi connectivity index (χ0) is 21.2. The van der Waals surface area contributed by atoms with Gasteiger partial charge in [-0.3, -0.25) is 0 Å². The first-order chi connectivity index (χ1) is 14.4. The van der Waals surface area contributed by atoms with Gasteiger partial charge in [-0.15, -0.1) is 0 Å². The average molecular weight is 421 g/mol. The second-order valence-corrected chi connectivity index (χ2v) is 8.74. The van der Waals surface area contributed by atoms with Gasteiger partial charge in [0, 0.05) is 5.57 Å². The Morgan fingerprint density at radius 2 is 1.57 bits per heavy atom. The van der Waals surface area contributed by atoms with Crippen LogP contribution in [-0.4, -0.2) is 8.42 Å². The van der Waals surface area contributed by atoms with Crippen LogP contribution in [0.1, 0.15) is 23.1 Å². The van der Waals surface area contributed by atoms with E-state index in [1.807, 2.05) is 30.3 Å². The van der Waals surface area contributed by atoms with Gasteiger partial charge in [-0.05, 0) is 53.8 Å². The molecule has 152 valence electrons. The monoisotopic (exact) mass is 421 g/mol. The highest BCUT2D eigenvalue weighted by Gasteiger charge is 2.40. The van der Waals surface area contributed by atoms with Gasteiger partial charge >= 0.3 is 0 Å². The molecule has 1 unspecified atom stereocenters. The Balaban J connectivity index is 1.77. The molecule has 0 radical (unpaired) electrons. The van der Waals surface area contributed by atoms with Crippen molar-refractivity contribution in [2.24, 2.45) is 15.4 Å². The lowest BCUT2D eigenvalue weighted by atomic mass is 9.77. The van der Waals surface area contributed by atoms with Gasteiger partial charge in [0.1, 0.15) is 11.4 Å². The summed E-state index contributed by atoms with van der Waals surface area (Å²) in [7, 11) is -3.80. The first-order valence-corrected chi connectivity index (χ1v) is 11.0. The van der Waals surface area contributed by atoms with Crippen LogP contribution in [0.3, 0.4) is 0 Å². The van der Waals surface area contributed by atoms with Gasteiger partial charge in [0.2, 0.25) is 10.0 Å². The molecule has 0 amide bonds. The highest BCUT2D eigenvalue weighted by Crippen LogP contribution is 2.47. The molecule has 0 fully saturated rings. The number of aryl methyl sites for hydroxylation is 1. The molecular formula is C23H20FN3O2S. The van der Waals surface area contributed by atoms with Crippen LogP contribution in [0.5, 0.6) is 0 Å². The van der Waals surface area contributed by atoms with Crippen molar-refractivity contribution in [2.45, 2.75) is 23.3 Å². The number of nitrogens with zero attached hydrogens (tertiary/aromatic N) is 2. The van der Waals surface area contributed by atoms with Gasteiger partial charge in [0.25, 0.3) is 0 Å². The third kappa shape index (κ3) is 3.94. The van der Waals surface area contributed by atoms with Crippen molar-refractivity contribution in [1.82, 2.24) is 0 Å². The average Bonchev–Trinajstić information content (AvgIpc) is 3.18. The van der Waals surface area contributed by atoms with Crippen molar-refractivity contribution in [3.05, 3.63) is 108 Å². The van der Waals surface area contributed by atoms with E-state index in [9.17, 15) is 12.8 Å². The number of benzene rings is 3. The molecule has 0 bridgehead atoms. The highest BCUT2D eigenvalue weighted by molar-refractivity contribution is 7.89. The minimum absolute atomic E-state index is 0.0340. The summed E-state index contributed by atoms with van der Waals surface area (Å²) in [5.74, 6) is -0.321. The van der Waals surface area contributed by atoms with E-state index in [-0.39, 0.29) is 10.7 Å². The molecule has 4 rings (SSSR count).